The highest BCUT2D eigenvalue weighted by atomic mass is 32.1. The molecule has 2 heterocycles. The number of nitrogens with zero attached hydrogens (tertiary/aromatic N) is 1. The van der Waals surface area contributed by atoms with E-state index < -0.39 is 0 Å². The highest BCUT2D eigenvalue weighted by molar-refractivity contribution is 7.80. The van der Waals surface area contributed by atoms with Gasteiger partial charge in [0.1, 0.15) is 0 Å². The molecule has 0 amide bonds. The van der Waals surface area contributed by atoms with E-state index in [0.29, 0.717) is 11.0 Å². The maximum Gasteiger partial charge on any atom is 0.0902 e. The molecule has 2 rings (SSSR count). The molecule has 1 fully saturated rings. The first-order chi connectivity index (χ1) is 7.27. The van der Waals surface area contributed by atoms with Crippen LogP contribution in [0.4, 0.5) is 0 Å². The van der Waals surface area contributed by atoms with Gasteiger partial charge < -0.3 is 5.73 Å². The Balaban J connectivity index is 1.86. The van der Waals surface area contributed by atoms with Gasteiger partial charge in [-0.2, -0.15) is 11.3 Å². The smallest absolute Gasteiger partial charge is 0.0902 e. The van der Waals surface area contributed by atoms with Crippen LogP contribution >= 0.6 is 23.6 Å². The minimum Gasteiger partial charge on any atom is -0.392 e. The molecule has 2 N–H and O–H groups in total. The summed E-state index contributed by atoms with van der Waals surface area (Å²) in [4.78, 5) is 3.08. The van der Waals surface area contributed by atoms with Gasteiger partial charge in [-0.05, 0) is 48.2 Å². The first-order valence-electron chi connectivity index (χ1n) is 5.32. The second-order valence-corrected chi connectivity index (χ2v) is 5.23. The molecule has 1 aromatic heterocycles. The van der Waals surface area contributed by atoms with E-state index in [1.165, 1.54) is 12.0 Å². The maximum absolute atomic E-state index is 5.73. The van der Waals surface area contributed by atoms with Crippen LogP contribution in [0.25, 0.3) is 0 Å². The van der Waals surface area contributed by atoms with Gasteiger partial charge in [0, 0.05) is 6.54 Å². The van der Waals surface area contributed by atoms with E-state index in [-0.39, 0.29) is 0 Å². The summed E-state index contributed by atoms with van der Waals surface area (Å²) in [7, 11) is 0. The minimum atomic E-state index is 0.346. The van der Waals surface area contributed by atoms with Gasteiger partial charge in [0.25, 0.3) is 0 Å². The lowest BCUT2D eigenvalue weighted by molar-refractivity contribution is 0.307. The Morgan fingerprint density at radius 1 is 1.67 bits per heavy atom. The molecule has 0 bridgehead atoms. The zero-order valence-electron chi connectivity index (χ0n) is 8.69. The molecule has 1 aliphatic rings. The third-order valence-corrected chi connectivity index (χ3v) is 3.96. The Labute approximate surface area is 100 Å². The quantitative estimate of drug-likeness (QED) is 0.817. The molecular formula is C11H16N2S2. The fourth-order valence-electron chi connectivity index (χ4n) is 2.12. The van der Waals surface area contributed by atoms with Crippen LogP contribution in [-0.4, -0.2) is 29.0 Å². The average molecular weight is 240 g/mol. The Morgan fingerprint density at radius 2 is 2.53 bits per heavy atom. The fraction of sp³-hybridized carbons (Fsp3) is 0.545. The van der Waals surface area contributed by atoms with Crippen molar-refractivity contribution >= 4 is 28.5 Å². The highest BCUT2D eigenvalue weighted by Gasteiger charge is 2.25. The molecule has 0 spiro atoms. The van der Waals surface area contributed by atoms with Gasteiger partial charge in [-0.15, -0.1) is 0 Å². The Kier molecular flexibility index (Phi) is 3.72. The van der Waals surface area contributed by atoms with E-state index in [4.69, 9.17) is 18.0 Å². The second kappa shape index (κ2) is 5.05. The number of thiocarbonyl (C=S) groups is 1. The molecule has 4 heteroatoms. The van der Waals surface area contributed by atoms with Crippen LogP contribution in [0.1, 0.15) is 18.4 Å². The number of hydrogen-bond donors (Lipinski definition) is 1. The molecule has 1 atom stereocenters. The van der Waals surface area contributed by atoms with Crippen molar-refractivity contribution in [2.45, 2.75) is 25.3 Å². The summed E-state index contributed by atoms with van der Waals surface area (Å²) in [6.07, 6.45) is 3.48. The van der Waals surface area contributed by atoms with E-state index in [9.17, 15) is 0 Å². The Hall–Kier alpha value is -0.450. The van der Waals surface area contributed by atoms with Gasteiger partial charge in [-0.1, -0.05) is 12.2 Å². The molecule has 0 aromatic carbocycles. The van der Waals surface area contributed by atoms with Crippen molar-refractivity contribution in [2.75, 3.05) is 13.1 Å². The van der Waals surface area contributed by atoms with Gasteiger partial charge in [-0.3, -0.25) is 4.90 Å². The summed E-state index contributed by atoms with van der Waals surface area (Å²) in [5.41, 5.74) is 7.15. The number of likely N-dealkylation sites (tertiary alicyclic amines) is 1. The van der Waals surface area contributed by atoms with E-state index >= 15 is 0 Å². The van der Waals surface area contributed by atoms with Crippen molar-refractivity contribution in [1.29, 1.82) is 0 Å². The number of hydrogen-bond acceptors (Lipinski definition) is 3. The van der Waals surface area contributed by atoms with Gasteiger partial charge in [0.15, 0.2) is 0 Å². The summed E-state index contributed by atoms with van der Waals surface area (Å²) in [6, 6.07) is 2.54. The van der Waals surface area contributed by atoms with E-state index in [1.54, 1.807) is 11.3 Å². The summed E-state index contributed by atoms with van der Waals surface area (Å²) in [5, 5.41) is 4.34. The fourth-order valence-corrected chi connectivity index (χ4v) is 3.09. The maximum atomic E-state index is 5.73. The van der Waals surface area contributed by atoms with E-state index in [0.717, 1.165) is 25.9 Å². The normalized spacial score (nSPS) is 22.0. The Bertz CT molecular complexity index is 321. The molecule has 1 aromatic rings. The molecular weight excluding hydrogens is 224 g/mol. The third-order valence-electron chi connectivity index (χ3n) is 2.96. The zero-order chi connectivity index (χ0) is 10.7. The second-order valence-electron chi connectivity index (χ2n) is 3.98. The van der Waals surface area contributed by atoms with Crippen LogP contribution < -0.4 is 5.73 Å². The van der Waals surface area contributed by atoms with Crippen LogP contribution in [-0.2, 0) is 6.42 Å². The lowest BCUT2D eigenvalue weighted by atomic mass is 10.2. The standard InChI is InChI=1S/C11H16N2S2/c12-11(14)10-2-1-5-13(10)6-3-9-4-7-15-8-9/h4,7-8,10H,1-3,5-6H2,(H2,12,14). The molecule has 82 valence electrons. The van der Waals surface area contributed by atoms with E-state index in [1.807, 2.05) is 0 Å². The van der Waals surface area contributed by atoms with Gasteiger partial charge in [-0.25, -0.2) is 0 Å². The predicted molar refractivity (Wildman–Crippen MR) is 69.4 cm³/mol. The van der Waals surface area contributed by atoms with Crippen LogP contribution in [0.2, 0.25) is 0 Å². The molecule has 2 nitrogen and oxygen atoms in total. The number of rotatable bonds is 4. The molecule has 0 saturated carbocycles. The van der Waals surface area contributed by atoms with Crippen molar-refractivity contribution in [3.63, 3.8) is 0 Å². The first-order valence-corrected chi connectivity index (χ1v) is 6.67. The van der Waals surface area contributed by atoms with Gasteiger partial charge >= 0.3 is 0 Å². The molecule has 0 radical (unpaired) electrons. The van der Waals surface area contributed by atoms with Crippen LogP contribution in [0.3, 0.4) is 0 Å². The topological polar surface area (TPSA) is 29.3 Å². The summed E-state index contributed by atoms with van der Waals surface area (Å²) in [5.74, 6) is 0. The van der Waals surface area contributed by atoms with Gasteiger partial charge in [0.2, 0.25) is 0 Å². The van der Waals surface area contributed by atoms with E-state index in [2.05, 4.69) is 21.7 Å². The zero-order valence-corrected chi connectivity index (χ0v) is 10.3. The van der Waals surface area contributed by atoms with Crippen LogP contribution in [0.5, 0.6) is 0 Å². The molecule has 0 aliphatic carbocycles. The number of thiophene rings is 1. The monoisotopic (exact) mass is 240 g/mol. The van der Waals surface area contributed by atoms with Crippen LogP contribution in [0, 0.1) is 0 Å². The van der Waals surface area contributed by atoms with Crippen molar-refractivity contribution in [1.82, 2.24) is 4.90 Å². The highest BCUT2D eigenvalue weighted by Crippen LogP contribution is 2.18. The third kappa shape index (κ3) is 2.77. The molecule has 1 aliphatic heterocycles. The Morgan fingerprint density at radius 3 is 3.20 bits per heavy atom. The van der Waals surface area contributed by atoms with Crippen molar-refractivity contribution in [2.24, 2.45) is 5.73 Å². The largest absolute Gasteiger partial charge is 0.392 e. The van der Waals surface area contributed by atoms with Gasteiger partial charge in [0.05, 0.1) is 11.0 Å². The molecule has 15 heavy (non-hydrogen) atoms. The first kappa shape index (κ1) is 11.0. The van der Waals surface area contributed by atoms with Crippen molar-refractivity contribution < 1.29 is 0 Å². The van der Waals surface area contributed by atoms with Crippen molar-refractivity contribution in [3.8, 4) is 0 Å². The lowest BCUT2D eigenvalue weighted by Gasteiger charge is -2.22. The molecule has 1 saturated heterocycles. The number of nitrogens with two attached hydrogens (primary N) is 1. The summed E-state index contributed by atoms with van der Waals surface area (Å²) < 4.78 is 0. The molecule has 1 unspecified atom stereocenters. The summed E-state index contributed by atoms with van der Waals surface area (Å²) >= 11 is 6.84. The SMILES string of the molecule is NC(=S)C1CCCN1CCc1ccsc1. The van der Waals surface area contributed by atoms with Crippen LogP contribution in [0.15, 0.2) is 16.8 Å². The van der Waals surface area contributed by atoms with Crippen molar-refractivity contribution in [3.05, 3.63) is 22.4 Å². The summed E-state index contributed by atoms with van der Waals surface area (Å²) in [6.45, 7) is 2.23. The minimum absolute atomic E-state index is 0.346. The predicted octanol–water partition coefficient (Wildman–Crippen LogP) is 2.04. The average Bonchev–Trinajstić information content (AvgIpc) is 2.86. The lowest BCUT2D eigenvalue weighted by Crippen LogP contribution is -2.40.